The highest BCUT2D eigenvalue weighted by Gasteiger charge is 2.07. The summed E-state index contributed by atoms with van der Waals surface area (Å²) < 4.78 is 11.5. The van der Waals surface area contributed by atoms with Crippen molar-refractivity contribution in [2.45, 2.75) is 20.1 Å². The average Bonchev–Trinajstić information content (AvgIpc) is 2.27. The summed E-state index contributed by atoms with van der Waals surface area (Å²) in [6, 6.07) is 3.51. The van der Waals surface area contributed by atoms with Crippen molar-refractivity contribution in [1.29, 1.82) is 0 Å². The molecule has 0 atom stereocenters. The molecule has 1 heterocycles. The van der Waals surface area contributed by atoms with Crippen molar-refractivity contribution in [3.63, 3.8) is 0 Å². The van der Waals surface area contributed by atoms with Crippen molar-refractivity contribution in [1.82, 2.24) is 0 Å². The minimum absolute atomic E-state index is 0.282. The summed E-state index contributed by atoms with van der Waals surface area (Å²) in [4.78, 5) is 0. The van der Waals surface area contributed by atoms with Gasteiger partial charge in [0, 0.05) is 19.3 Å². The Morgan fingerprint density at radius 3 is 2.62 bits per heavy atom. The second kappa shape index (κ2) is 7.03. The molecular weight excluding hydrogens is 208 g/mol. The molecule has 0 aliphatic rings. The molecule has 0 amide bonds. The van der Waals surface area contributed by atoms with Crippen molar-refractivity contribution in [2.75, 3.05) is 25.1 Å². The third-order valence-corrected chi connectivity index (χ3v) is 1.95. The zero-order chi connectivity index (χ0) is 11.8. The van der Waals surface area contributed by atoms with Gasteiger partial charge >= 0.3 is 0 Å². The number of hydrogen-bond donors (Lipinski definition) is 1. The maximum Gasteiger partial charge on any atom is 0.203 e. The van der Waals surface area contributed by atoms with E-state index < -0.39 is 0 Å². The highest BCUT2D eigenvalue weighted by Crippen LogP contribution is 2.03. The van der Waals surface area contributed by atoms with E-state index in [0.29, 0.717) is 19.8 Å². The maximum absolute atomic E-state index is 11.0. The van der Waals surface area contributed by atoms with Crippen LogP contribution in [0.3, 0.4) is 0 Å². The van der Waals surface area contributed by atoms with E-state index in [1.165, 1.54) is 12.4 Å². The smallest absolute Gasteiger partial charge is 0.203 e. The minimum Gasteiger partial charge on any atom is -0.619 e. The molecule has 0 bridgehead atoms. The van der Waals surface area contributed by atoms with Gasteiger partial charge in [0.1, 0.15) is 5.69 Å². The van der Waals surface area contributed by atoms with Crippen LogP contribution in [0.15, 0.2) is 24.5 Å². The third kappa shape index (κ3) is 4.46. The molecule has 5 nitrogen and oxygen atoms in total. The summed E-state index contributed by atoms with van der Waals surface area (Å²) >= 11 is 0. The highest BCUT2D eigenvalue weighted by atomic mass is 16.7. The Morgan fingerprint density at radius 2 is 2.06 bits per heavy atom. The monoisotopic (exact) mass is 226 g/mol. The van der Waals surface area contributed by atoms with E-state index >= 15 is 0 Å². The van der Waals surface area contributed by atoms with Crippen LogP contribution in [0.2, 0.25) is 0 Å². The lowest BCUT2D eigenvalue weighted by molar-refractivity contribution is -0.604. The van der Waals surface area contributed by atoms with Gasteiger partial charge in [-0.25, -0.2) is 0 Å². The van der Waals surface area contributed by atoms with E-state index in [0.717, 1.165) is 10.4 Å². The Labute approximate surface area is 95.6 Å². The topological polar surface area (TPSA) is 57.4 Å². The molecule has 5 heteroatoms. The second-order valence-corrected chi connectivity index (χ2v) is 3.17. The first-order valence-corrected chi connectivity index (χ1v) is 5.42. The van der Waals surface area contributed by atoms with Gasteiger partial charge in [0.15, 0.2) is 12.5 Å². The summed E-state index contributed by atoms with van der Waals surface area (Å²) in [5, 5.41) is 14.1. The lowest BCUT2D eigenvalue weighted by atomic mass is 10.4. The quantitative estimate of drug-likeness (QED) is 0.430. The number of hydrogen-bond acceptors (Lipinski definition) is 4. The standard InChI is InChI=1S/C11H18N2O3/c1-3-15-11(16-4-2)8-12-10-6-5-7-13(14)9-10/h5-7,9,11-12H,3-4,8H2,1-2H3. The van der Waals surface area contributed by atoms with Crippen LogP contribution in [0.25, 0.3) is 0 Å². The van der Waals surface area contributed by atoms with E-state index in [2.05, 4.69) is 5.32 Å². The van der Waals surface area contributed by atoms with E-state index in [1.54, 1.807) is 6.07 Å². The zero-order valence-corrected chi connectivity index (χ0v) is 9.68. The van der Waals surface area contributed by atoms with Crippen LogP contribution >= 0.6 is 0 Å². The number of pyridine rings is 1. The fourth-order valence-corrected chi connectivity index (χ4v) is 1.30. The van der Waals surface area contributed by atoms with Crippen molar-refractivity contribution in [3.05, 3.63) is 29.7 Å². The Balaban J connectivity index is 2.41. The molecule has 1 aromatic rings. The first-order valence-electron chi connectivity index (χ1n) is 5.42. The van der Waals surface area contributed by atoms with E-state index in [1.807, 2.05) is 19.9 Å². The molecule has 90 valence electrons. The maximum atomic E-state index is 11.0. The summed E-state index contributed by atoms with van der Waals surface area (Å²) in [6.07, 6.45) is 2.62. The molecule has 1 N–H and O–H groups in total. The van der Waals surface area contributed by atoms with Crippen molar-refractivity contribution >= 4 is 5.69 Å². The molecule has 0 fully saturated rings. The fraction of sp³-hybridized carbons (Fsp3) is 0.545. The predicted molar refractivity (Wildman–Crippen MR) is 60.9 cm³/mol. The molecule has 16 heavy (non-hydrogen) atoms. The van der Waals surface area contributed by atoms with Gasteiger partial charge in [0.2, 0.25) is 6.20 Å². The van der Waals surface area contributed by atoms with Crippen LogP contribution < -0.4 is 10.0 Å². The average molecular weight is 226 g/mol. The molecule has 0 aliphatic carbocycles. The second-order valence-electron chi connectivity index (χ2n) is 3.17. The molecule has 0 saturated carbocycles. The number of ether oxygens (including phenoxy) is 2. The zero-order valence-electron chi connectivity index (χ0n) is 9.68. The van der Waals surface area contributed by atoms with Gasteiger partial charge in [-0.15, -0.1) is 0 Å². The van der Waals surface area contributed by atoms with Gasteiger partial charge in [0.25, 0.3) is 0 Å². The van der Waals surface area contributed by atoms with Crippen LogP contribution in [0.1, 0.15) is 13.8 Å². The Bertz CT molecular complexity index is 301. The Hall–Kier alpha value is -1.33. The first-order chi connectivity index (χ1) is 7.76. The third-order valence-electron chi connectivity index (χ3n) is 1.95. The minimum atomic E-state index is -0.282. The number of nitrogens with one attached hydrogen (secondary N) is 1. The first kappa shape index (κ1) is 12.7. The van der Waals surface area contributed by atoms with E-state index in [4.69, 9.17) is 9.47 Å². The van der Waals surface area contributed by atoms with Gasteiger partial charge < -0.3 is 20.0 Å². The van der Waals surface area contributed by atoms with E-state index in [-0.39, 0.29) is 6.29 Å². The molecule has 1 rings (SSSR count). The summed E-state index contributed by atoms with van der Waals surface area (Å²) in [6.45, 7) is 5.55. The molecule has 0 spiro atoms. The van der Waals surface area contributed by atoms with Gasteiger partial charge in [-0.1, -0.05) is 0 Å². The van der Waals surface area contributed by atoms with Crippen LogP contribution in [0.4, 0.5) is 5.69 Å². The van der Waals surface area contributed by atoms with Crippen LogP contribution in [-0.4, -0.2) is 26.0 Å². The largest absolute Gasteiger partial charge is 0.619 e. The SMILES string of the molecule is CCOC(CNc1ccc[n+]([O-])c1)OCC. The molecule has 0 saturated heterocycles. The fourth-order valence-electron chi connectivity index (χ4n) is 1.30. The summed E-state index contributed by atoms with van der Waals surface area (Å²) in [5.41, 5.74) is 0.752. The molecule has 0 unspecified atom stereocenters. The van der Waals surface area contributed by atoms with E-state index in [9.17, 15) is 5.21 Å². The lowest BCUT2D eigenvalue weighted by Crippen LogP contribution is -2.29. The van der Waals surface area contributed by atoms with Gasteiger partial charge in [-0.2, -0.15) is 4.73 Å². The summed E-state index contributed by atoms with van der Waals surface area (Å²) in [7, 11) is 0. The highest BCUT2D eigenvalue weighted by molar-refractivity contribution is 5.38. The van der Waals surface area contributed by atoms with Gasteiger partial charge in [0.05, 0.1) is 6.54 Å². The molecule has 0 radical (unpaired) electrons. The molecular formula is C11H18N2O3. The molecule has 0 aliphatic heterocycles. The normalized spacial score (nSPS) is 10.7. The van der Waals surface area contributed by atoms with Crippen molar-refractivity contribution in [3.8, 4) is 0 Å². The number of rotatable bonds is 7. The van der Waals surface area contributed by atoms with Crippen LogP contribution in [-0.2, 0) is 9.47 Å². The Kier molecular flexibility index (Phi) is 5.60. The van der Waals surface area contributed by atoms with Crippen LogP contribution in [0, 0.1) is 5.21 Å². The predicted octanol–water partition coefficient (Wildman–Crippen LogP) is 1.13. The molecule has 1 aromatic heterocycles. The lowest BCUT2D eigenvalue weighted by Gasteiger charge is -2.17. The van der Waals surface area contributed by atoms with Gasteiger partial charge in [-0.05, 0) is 19.9 Å². The number of aromatic nitrogens is 1. The number of nitrogens with zero attached hydrogens (tertiary/aromatic N) is 1. The molecule has 0 aromatic carbocycles. The van der Waals surface area contributed by atoms with Crippen LogP contribution in [0.5, 0.6) is 0 Å². The van der Waals surface area contributed by atoms with Gasteiger partial charge in [-0.3, -0.25) is 0 Å². The summed E-state index contributed by atoms with van der Waals surface area (Å²) in [5.74, 6) is 0. The van der Waals surface area contributed by atoms with Crippen molar-refractivity contribution in [2.24, 2.45) is 0 Å². The Morgan fingerprint density at radius 1 is 1.38 bits per heavy atom. The van der Waals surface area contributed by atoms with Crippen molar-refractivity contribution < 1.29 is 14.2 Å². The number of anilines is 1.